The quantitative estimate of drug-likeness (QED) is 0.0975. The molecule has 0 saturated carbocycles. The molecule has 0 bridgehead atoms. The number of pyridine rings is 1. The van der Waals surface area contributed by atoms with Crippen LogP contribution in [0.15, 0.2) is 66.6 Å². The van der Waals surface area contributed by atoms with Gasteiger partial charge in [-0.3, -0.25) is 9.59 Å². The van der Waals surface area contributed by atoms with Gasteiger partial charge in [0.2, 0.25) is 0 Å². The van der Waals surface area contributed by atoms with Crippen molar-refractivity contribution in [2.24, 2.45) is 11.8 Å². The van der Waals surface area contributed by atoms with Crippen LogP contribution in [0.1, 0.15) is 86.0 Å². The van der Waals surface area contributed by atoms with Gasteiger partial charge >= 0.3 is 0 Å². The van der Waals surface area contributed by atoms with Gasteiger partial charge in [-0.2, -0.15) is 0 Å². The third kappa shape index (κ3) is 7.22. The minimum Gasteiger partial charge on any atom is -0.512 e. The summed E-state index contributed by atoms with van der Waals surface area (Å²) in [5, 5.41) is 11.8. The van der Waals surface area contributed by atoms with Gasteiger partial charge < -0.3 is 10.1 Å². The molecule has 0 unspecified atom stereocenters. The normalized spacial score (nSPS) is 12.1. The molecule has 1 aliphatic rings. The molecule has 227 valence electrons. The van der Waals surface area contributed by atoms with Gasteiger partial charge in [-0.05, 0) is 84.0 Å². The standard InChI is InChI=1S/C25H18NO.C13H24O2.Ir/c1-14-9-15(2)11-18(10-14)24-20-13-22-21(12-17(20)7-8-26-24)19-6-4-5-16(3)23(19)25(22)27;1-5-10(6-2)12(14)9-13(15)11(7-3)8-4;/h4-10,12-13H,1-3H3;9-11,14H,5-8H2,1-4H3;/q-1;;/b;12-9-;. The number of ketones is 2. The minimum absolute atomic E-state index is 0. The molecule has 3 aromatic carbocycles. The zero-order valence-corrected chi connectivity index (χ0v) is 28.7. The van der Waals surface area contributed by atoms with Gasteiger partial charge in [0.25, 0.3) is 0 Å². The van der Waals surface area contributed by atoms with E-state index >= 15 is 0 Å². The van der Waals surface area contributed by atoms with Crippen LogP contribution in [0.25, 0.3) is 33.2 Å². The van der Waals surface area contributed by atoms with E-state index in [1.807, 2.05) is 78.1 Å². The van der Waals surface area contributed by atoms with E-state index in [1.165, 1.54) is 11.6 Å². The zero-order chi connectivity index (χ0) is 30.6. The van der Waals surface area contributed by atoms with Gasteiger partial charge in [0.05, 0.1) is 5.76 Å². The van der Waals surface area contributed by atoms with Crippen molar-refractivity contribution in [1.29, 1.82) is 0 Å². The Labute approximate surface area is 270 Å². The van der Waals surface area contributed by atoms with Crippen LogP contribution in [-0.4, -0.2) is 21.7 Å². The fraction of sp³-hybridized carbons (Fsp3) is 0.342. The number of hydrogen-bond acceptors (Lipinski definition) is 4. The molecule has 0 spiro atoms. The van der Waals surface area contributed by atoms with E-state index in [2.05, 4.69) is 36.2 Å². The van der Waals surface area contributed by atoms with Crippen molar-refractivity contribution in [1.82, 2.24) is 4.98 Å². The van der Waals surface area contributed by atoms with Gasteiger partial charge in [0.15, 0.2) is 11.6 Å². The van der Waals surface area contributed by atoms with Crippen LogP contribution in [0.4, 0.5) is 0 Å². The third-order valence-electron chi connectivity index (χ3n) is 8.42. The number of aliphatic hydroxyl groups is 1. The smallest absolute Gasteiger partial charge is 0.194 e. The number of rotatable bonds is 8. The van der Waals surface area contributed by atoms with Crippen LogP contribution >= 0.6 is 0 Å². The molecule has 1 heterocycles. The van der Waals surface area contributed by atoms with E-state index in [1.54, 1.807) is 0 Å². The predicted octanol–water partition coefficient (Wildman–Crippen LogP) is 9.71. The molecule has 4 nitrogen and oxygen atoms in total. The number of fused-ring (bicyclic) bond motifs is 4. The number of carbonyl (C=O) groups excluding carboxylic acids is 2. The van der Waals surface area contributed by atoms with Gasteiger partial charge in [0, 0.05) is 55.3 Å². The number of aryl methyl sites for hydroxylation is 3. The van der Waals surface area contributed by atoms with E-state index in [4.69, 9.17) is 0 Å². The maximum Gasteiger partial charge on any atom is 0.194 e. The summed E-state index contributed by atoms with van der Waals surface area (Å²) in [5.74, 6) is 0.658. The summed E-state index contributed by atoms with van der Waals surface area (Å²) >= 11 is 0. The number of aromatic nitrogens is 1. The van der Waals surface area contributed by atoms with Crippen LogP contribution in [0.5, 0.6) is 0 Å². The summed E-state index contributed by atoms with van der Waals surface area (Å²) in [7, 11) is 0. The first-order valence-corrected chi connectivity index (χ1v) is 15.2. The third-order valence-corrected chi connectivity index (χ3v) is 8.42. The molecule has 0 aliphatic heterocycles. The summed E-state index contributed by atoms with van der Waals surface area (Å²) in [4.78, 5) is 29.4. The van der Waals surface area contributed by atoms with Crippen molar-refractivity contribution < 1.29 is 34.8 Å². The second kappa shape index (κ2) is 14.9. The number of carbonyl (C=O) groups is 2. The summed E-state index contributed by atoms with van der Waals surface area (Å²) in [6.07, 6.45) is 6.74. The number of nitrogens with zero attached hydrogens (tertiary/aromatic N) is 1. The summed E-state index contributed by atoms with van der Waals surface area (Å²) in [6.45, 7) is 14.2. The Kier molecular flexibility index (Phi) is 11.8. The average molecular weight is 753 g/mol. The van der Waals surface area contributed by atoms with Gasteiger partial charge in [-0.25, -0.2) is 0 Å². The summed E-state index contributed by atoms with van der Waals surface area (Å²) in [6, 6.07) is 19.8. The minimum atomic E-state index is 0. The second-order valence-electron chi connectivity index (χ2n) is 11.4. The number of hydrogen-bond donors (Lipinski definition) is 1. The average Bonchev–Trinajstić information content (AvgIpc) is 3.24. The summed E-state index contributed by atoms with van der Waals surface area (Å²) in [5.41, 5.74) is 8.80. The van der Waals surface area contributed by atoms with Crippen LogP contribution in [-0.2, 0) is 24.9 Å². The first kappa shape index (κ1) is 34.1. The molecule has 0 fully saturated rings. The number of aliphatic hydroxyl groups excluding tert-OH is 1. The molecule has 43 heavy (non-hydrogen) atoms. The van der Waals surface area contributed by atoms with Crippen molar-refractivity contribution in [3.05, 3.63) is 100 Å². The first-order valence-electron chi connectivity index (χ1n) is 15.2. The van der Waals surface area contributed by atoms with Crippen LogP contribution in [0.2, 0.25) is 0 Å². The SMILES string of the molecule is CCC(CC)C(=O)/C=C(\O)C(CC)CC.Cc1[c-]c(-c2nccc3cc4c(cc23)C(=O)c2c(C)cccc2-4)cc(C)c1.[Ir]. The maximum atomic E-state index is 13.1. The first-order chi connectivity index (χ1) is 20.1. The van der Waals surface area contributed by atoms with Crippen LogP contribution < -0.4 is 0 Å². The van der Waals surface area contributed by atoms with Gasteiger partial charge in [-0.1, -0.05) is 59.7 Å². The fourth-order valence-corrected chi connectivity index (χ4v) is 5.98. The van der Waals surface area contributed by atoms with Crippen LogP contribution in [0.3, 0.4) is 0 Å². The Bertz CT molecular complexity index is 1640. The van der Waals surface area contributed by atoms with E-state index in [9.17, 15) is 14.7 Å². The molecular formula is C38H42IrNO3-. The Balaban J connectivity index is 0.000000274. The molecule has 1 N–H and O–H groups in total. The molecule has 1 aromatic heterocycles. The van der Waals surface area contributed by atoms with Crippen molar-refractivity contribution >= 4 is 22.3 Å². The Hall–Kier alpha value is -3.40. The van der Waals surface area contributed by atoms with Crippen molar-refractivity contribution in [3.63, 3.8) is 0 Å². The van der Waals surface area contributed by atoms with Crippen molar-refractivity contribution in [3.8, 4) is 22.4 Å². The molecule has 1 radical (unpaired) electrons. The van der Waals surface area contributed by atoms with E-state index in [0.29, 0.717) is 0 Å². The molecule has 1 aliphatic carbocycles. The monoisotopic (exact) mass is 753 g/mol. The second-order valence-corrected chi connectivity index (χ2v) is 11.4. The molecule has 0 amide bonds. The van der Waals surface area contributed by atoms with E-state index in [-0.39, 0.29) is 49.3 Å². The topological polar surface area (TPSA) is 67.3 Å². The predicted molar refractivity (Wildman–Crippen MR) is 173 cm³/mol. The molecule has 0 atom stereocenters. The molecule has 5 heteroatoms. The Morgan fingerprint density at radius 2 is 1.56 bits per heavy atom. The van der Waals surface area contributed by atoms with Crippen molar-refractivity contribution in [2.75, 3.05) is 0 Å². The largest absolute Gasteiger partial charge is 0.512 e. The zero-order valence-electron chi connectivity index (χ0n) is 26.3. The van der Waals surface area contributed by atoms with Gasteiger partial charge in [0.1, 0.15) is 0 Å². The molecule has 5 rings (SSSR count). The van der Waals surface area contributed by atoms with Gasteiger partial charge in [-0.15, -0.1) is 34.9 Å². The van der Waals surface area contributed by atoms with E-state index < -0.39 is 0 Å². The van der Waals surface area contributed by atoms with Crippen LogP contribution in [0, 0.1) is 38.7 Å². The maximum absolute atomic E-state index is 13.1. The number of allylic oxidation sites excluding steroid dienone is 2. The number of benzene rings is 3. The molecule has 0 saturated heterocycles. The molecular weight excluding hydrogens is 711 g/mol. The fourth-order valence-electron chi connectivity index (χ4n) is 5.98. The Morgan fingerprint density at radius 1 is 0.884 bits per heavy atom. The molecule has 4 aromatic rings. The summed E-state index contributed by atoms with van der Waals surface area (Å²) < 4.78 is 0. The van der Waals surface area contributed by atoms with Crippen molar-refractivity contribution in [2.45, 2.75) is 74.1 Å². The Morgan fingerprint density at radius 3 is 2.19 bits per heavy atom. The van der Waals surface area contributed by atoms with E-state index in [0.717, 1.165) is 81.1 Å².